The Hall–Kier alpha value is -2.48. The summed E-state index contributed by atoms with van der Waals surface area (Å²) in [5.74, 6) is 6.37. The van der Waals surface area contributed by atoms with Gasteiger partial charge in [-0.15, -0.1) is 0 Å². The number of aryl methyl sites for hydroxylation is 2. The molecule has 0 spiro atoms. The van der Waals surface area contributed by atoms with Gasteiger partial charge >= 0.3 is 0 Å². The average Bonchev–Trinajstić information content (AvgIpc) is 2.75. The fraction of sp³-hybridized carbons (Fsp3) is 0.273. The summed E-state index contributed by atoms with van der Waals surface area (Å²) in [5, 5.41) is 2.64. The third-order valence-corrected chi connectivity index (χ3v) is 2.51. The molecule has 19 heavy (non-hydrogen) atoms. The number of carbonyl (C=O) groups excluding carboxylic acids is 1. The quantitative estimate of drug-likeness (QED) is 0.535. The number of oxazole rings is 1. The maximum absolute atomic E-state index is 11.8. The molecule has 0 aliphatic rings. The second kappa shape index (κ2) is 5.44. The lowest BCUT2D eigenvalue weighted by Gasteiger charge is -2.02. The third kappa shape index (κ3) is 3.05. The number of rotatable bonds is 4. The van der Waals surface area contributed by atoms with Gasteiger partial charge in [-0.3, -0.25) is 4.79 Å². The number of nitrogens with one attached hydrogen (secondary N) is 2. The molecule has 0 saturated heterocycles. The zero-order valence-corrected chi connectivity index (χ0v) is 10.6. The van der Waals surface area contributed by atoms with Crippen LogP contribution in [0.2, 0.25) is 0 Å². The van der Waals surface area contributed by atoms with Crippen molar-refractivity contribution >= 4 is 11.7 Å². The van der Waals surface area contributed by atoms with Crippen molar-refractivity contribution in [2.24, 2.45) is 5.84 Å². The molecule has 0 radical (unpaired) electrons. The van der Waals surface area contributed by atoms with Crippen molar-refractivity contribution in [1.29, 1.82) is 0 Å². The lowest BCUT2D eigenvalue weighted by Crippen LogP contribution is -2.24. The molecule has 0 aromatic carbocycles. The number of hydrogen-bond acceptors (Lipinski definition) is 7. The first-order chi connectivity index (χ1) is 9.10. The van der Waals surface area contributed by atoms with Gasteiger partial charge in [0.15, 0.2) is 5.82 Å². The van der Waals surface area contributed by atoms with E-state index in [0.29, 0.717) is 11.7 Å². The summed E-state index contributed by atoms with van der Waals surface area (Å²) in [6.45, 7) is 3.86. The molecule has 0 aliphatic heterocycles. The van der Waals surface area contributed by atoms with E-state index in [2.05, 4.69) is 25.7 Å². The van der Waals surface area contributed by atoms with Crippen molar-refractivity contribution in [3.8, 4) is 0 Å². The first-order valence-corrected chi connectivity index (χ1v) is 5.60. The van der Waals surface area contributed by atoms with Crippen molar-refractivity contribution in [3.05, 3.63) is 35.4 Å². The molecular weight excluding hydrogens is 248 g/mol. The normalized spacial score (nSPS) is 10.3. The molecule has 8 nitrogen and oxygen atoms in total. The van der Waals surface area contributed by atoms with Crippen molar-refractivity contribution in [2.45, 2.75) is 20.4 Å². The number of aromatic nitrogens is 3. The minimum Gasteiger partial charge on any atom is -0.444 e. The summed E-state index contributed by atoms with van der Waals surface area (Å²) in [4.78, 5) is 23.7. The van der Waals surface area contributed by atoms with Gasteiger partial charge in [0, 0.05) is 0 Å². The maximum Gasteiger partial charge on any atom is 0.271 e. The van der Waals surface area contributed by atoms with Crippen LogP contribution in [-0.2, 0) is 6.54 Å². The van der Waals surface area contributed by atoms with Crippen LogP contribution in [-0.4, -0.2) is 20.9 Å². The molecule has 2 aromatic rings. The predicted octanol–water partition coefficient (Wildman–Crippen LogP) is 0.297. The second-order valence-electron chi connectivity index (χ2n) is 3.86. The number of nitrogens with zero attached hydrogens (tertiary/aromatic N) is 3. The highest BCUT2D eigenvalue weighted by atomic mass is 16.4. The molecule has 0 unspecified atom stereocenters. The topological polar surface area (TPSA) is 119 Å². The van der Waals surface area contributed by atoms with Crippen LogP contribution in [0, 0.1) is 13.8 Å². The molecule has 0 saturated carbocycles. The van der Waals surface area contributed by atoms with Crippen molar-refractivity contribution in [2.75, 3.05) is 5.43 Å². The Morgan fingerprint density at radius 3 is 2.68 bits per heavy atom. The third-order valence-electron chi connectivity index (χ3n) is 2.51. The van der Waals surface area contributed by atoms with Crippen LogP contribution in [0.5, 0.6) is 0 Å². The summed E-state index contributed by atoms with van der Waals surface area (Å²) < 4.78 is 5.35. The van der Waals surface area contributed by atoms with Crippen LogP contribution < -0.4 is 16.6 Å². The van der Waals surface area contributed by atoms with E-state index in [1.807, 2.05) is 13.8 Å². The summed E-state index contributed by atoms with van der Waals surface area (Å²) in [6, 6.07) is 0. The standard InChI is InChI=1S/C11H14N6O2/c1-6-7(2)19-10(16-6)5-15-11(18)8-3-14-9(17-12)4-13-8/h3-4H,5,12H2,1-2H3,(H,14,17)(H,15,18). The first-order valence-electron chi connectivity index (χ1n) is 5.60. The number of nitrogens with two attached hydrogens (primary N) is 1. The van der Waals surface area contributed by atoms with Crippen LogP contribution >= 0.6 is 0 Å². The predicted molar refractivity (Wildman–Crippen MR) is 67.0 cm³/mol. The Morgan fingerprint density at radius 1 is 1.37 bits per heavy atom. The van der Waals surface area contributed by atoms with E-state index >= 15 is 0 Å². The number of carbonyl (C=O) groups is 1. The van der Waals surface area contributed by atoms with Gasteiger partial charge in [-0.2, -0.15) is 0 Å². The Morgan fingerprint density at radius 2 is 2.16 bits per heavy atom. The second-order valence-corrected chi connectivity index (χ2v) is 3.86. The van der Waals surface area contributed by atoms with E-state index in [1.54, 1.807) is 0 Å². The van der Waals surface area contributed by atoms with E-state index in [1.165, 1.54) is 12.4 Å². The van der Waals surface area contributed by atoms with E-state index in [0.717, 1.165) is 11.5 Å². The summed E-state index contributed by atoms with van der Waals surface area (Å²) >= 11 is 0. The zero-order valence-electron chi connectivity index (χ0n) is 10.6. The molecule has 4 N–H and O–H groups in total. The minimum atomic E-state index is -0.357. The van der Waals surface area contributed by atoms with Gasteiger partial charge in [0.05, 0.1) is 24.6 Å². The zero-order chi connectivity index (χ0) is 13.8. The number of anilines is 1. The molecule has 8 heteroatoms. The van der Waals surface area contributed by atoms with Gasteiger partial charge in [0.2, 0.25) is 5.89 Å². The van der Waals surface area contributed by atoms with Crippen molar-refractivity contribution < 1.29 is 9.21 Å². The maximum atomic E-state index is 11.8. The molecule has 2 heterocycles. The first kappa shape index (κ1) is 13.0. The molecular formula is C11H14N6O2. The Labute approximate surface area is 109 Å². The fourth-order valence-electron chi connectivity index (χ4n) is 1.38. The molecule has 100 valence electrons. The number of hydrazine groups is 1. The lowest BCUT2D eigenvalue weighted by molar-refractivity contribution is 0.0941. The highest BCUT2D eigenvalue weighted by Crippen LogP contribution is 2.08. The molecule has 0 bridgehead atoms. The van der Waals surface area contributed by atoms with Crippen LogP contribution in [0.15, 0.2) is 16.8 Å². The summed E-state index contributed by atoms with van der Waals surface area (Å²) in [5.41, 5.74) is 3.33. The number of hydrogen-bond donors (Lipinski definition) is 3. The van der Waals surface area contributed by atoms with Gasteiger partial charge in [0.1, 0.15) is 11.5 Å². The smallest absolute Gasteiger partial charge is 0.271 e. The Balaban J connectivity index is 1.96. The SMILES string of the molecule is Cc1nc(CNC(=O)c2cnc(NN)cn2)oc1C. The average molecular weight is 262 g/mol. The molecule has 2 aromatic heterocycles. The van der Waals surface area contributed by atoms with Gasteiger partial charge < -0.3 is 15.2 Å². The van der Waals surface area contributed by atoms with E-state index in [9.17, 15) is 4.79 Å². The van der Waals surface area contributed by atoms with Crippen molar-refractivity contribution in [3.63, 3.8) is 0 Å². The molecule has 0 aliphatic carbocycles. The highest BCUT2D eigenvalue weighted by Gasteiger charge is 2.10. The van der Waals surface area contributed by atoms with Crippen LogP contribution in [0.25, 0.3) is 0 Å². The van der Waals surface area contributed by atoms with E-state index < -0.39 is 0 Å². The minimum absolute atomic E-state index is 0.194. The molecule has 0 atom stereocenters. The van der Waals surface area contributed by atoms with E-state index in [-0.39, 0.29) is 18.1 Å². The molecule has 0 fully saturated rings. The number of nitrogen functional groups attached to an aromatic ring is 1. The Kier molecular flexibility index (Phi) is 3.71. The van der Waals surface area contributed by atoms with Crippen LogP contribution in [0.3, 0.4) is 0 Å². The van der Waals surface area contributed by atoms with Crippen molar-refractivity contribution in [1.82, 2.24) is 20.3 Å². The van der Waals surface area contributed by atoms with E-state index in [4.69, 9.17) is 10.3 Å². The largest absolute Gasteiger partial charge is 0.444 e. The summed E-state index contributed by atoms with van der Waals surface area (Å²) in [7, 11) is 0. The lowest BCUT2D eigenvalue weighted by atomic mass is 10.4. The number of amides is 1. The summed E-state index contributed by atoms with van der Waals surface area (Å²) in [6.07, 6.45) is 2.70. The Bertz CT molecular complexity index is 558. The monoisotopic (exact) mass is 262 g/mol. The highest BCUT2D eigenvalue weighted by molar-refractivity contribution is 5.91. The van der Waals surface area contributed by atoms with Gasteiger partial charge in [-0.1, -0.05) is 0 Å². The van der Waals surface area contributed by atoms with Gasteiger partial charge in [-0.05, 0) is 13.8 Å². The molecule has 1 amide bonds. The van der Waals surface area contributed by atoms with Gasteiger partial charge in [0.25, 0.3) is 5.91 Å². The fourth-order valence-corrected chi connectivity index (χ4v) is 1.38. The van der Waals surface area contributed by atoms with Crippen LogP contribution in [0.4, 0.5) is 5.82 Å². The molecule has 2 rings (SSSR count). The van der Waals surface area contributed by atoms with Gasteiger partial charge in [-0.25, -0.2) is 20.8 Å². The van der Waals surface area contributed by atoms with Crippen LogP contribution in [0.1, 0.15) is 27.8 Å².